The Kier molecular flexibility index (Phi) is 3.48. The van der Waals surface area contributed by atoms with Gasteiger partial charge in [0.1, 0.15) is 0 Å². The molecule has 0 spiro atoms. The van der Waals surface area contributed by atoms with E-state index in [0.717, 1.165) is 6.42 Å². The van der Waals surface area contributed by atoms with Crippen LogP contribution in [0.15, 0.2) is 24.3 Å². The lowest BCUT2D eigenvalue weighted by molar-refractivity contribution is -0.122. The Hall–Kier alpha value is -1.35. The summed E-state index contributed by atoms with van der Waals surface area (Å²) in [5.41, 5.74) is 8.53. The Balaban J connectivity index is 2.09. The molecular formula is C14H20N2O. The minimum Gasteiger partial charge on any atom is -0.348 e. The van der Waals surface area contributed by atoms with Crippen LogP contribution in [0.4, 0.5) is 0 Å². The lowest BCUT2D eigenvalue weighted by Crippen LogP contribution is -2.38. The normalized spacial score (nSPS) is 22.6. The summed E-state index contributed by atoms with van der Waals surface area (Å²) in [7, 11) is 0. The van der Waals surface area contributed by atoms with Crippen LogP contribution < -0.4 is 11.1 Å². The van der Waals surface area contributed by atoms with Crippen LogP contribution in [0.5, 0.6) is 0 Å². The highest BCUT2D eigenvalue weighted by Gasteiger charge is 2.30. The first kappa shape index (κ1) is 12.1. The summed E-state index contributed by atoms with van der Waals surface area (Å²) in [4.78, 5) is 11.8. The number of nitrogens with one attached hydrogen (secondary N) is 1. The highest BCUT2D eigenvalue weighted by Crippen LogP contribution is 2.30. The highest BCUT2D eigenvalue weighted by atomic mass is 16.1. The molecule has 2 unspecified atom stereocenters. The van der Waals surface area contributed by atoms with E-state index >= 15 is 0 Å². The van der Waals surface area contributed by atoms with Crippen molar-refractivity contribution in [3.8, 4) is 0 Å². The number of hydrogen-bond acceptors (Lipinski definition) is 2. The van der Waals surface area contributed by atoms with Crippen molar-refractivity contribution in [1.82, 2.24) is 5.32 Å². The number of rotatable bonds is 3. The maximum absolute atomic E-state index is 11.8. The van der Waals surface area contributed by atoms with Gasteiger partial charge >= 0.3 is 0 Å². The van der Waals surface area contributed by atoms with E-state index in [9.17, 15) is 4.79 Å². The molecule has 2 atom stereocenters. The molecule has 2 rings (SSSR count). The summed E-state index contributed by atoms with van der Waals surface area (Å²) >= 11 is 0. The molecule has 3 N–H and O–H groups in total. The monoisotopic (exact) mass is 232 g/mol. The second-order valence-electron chi connectivity index (χ2n) is 5.21. The molecule has 0 saturated heterocycles. The first-order valence-corrected chi connectivity index (χ1v) is 6.20. The predicted molar refractivity (Wildman–Crippen MR) is 68.5 cm³/mol. The van der Waals surface area contributed by atoms with E-state index < -0.39 is 0 Å². The molecule has 0 aromatic heterocycles. The fourth-order valence-electron chi connectivity index (χ4n) is 2.41. The Morgan fingerprint density at radius 3 is 2.88 bits per heavy atom. The molecule has 0 aliphatic heterocycles. The van der Waals surface area contributed by atoms with E-state index in [1.54, 1.807) is 0 Å². The third-order valence-electron chi connectivity index (χ3n) is 3.18. The second kappa shape index (κ2) is 4.88. The van der Waals surface area contributed by atoms with Crippen LogP contribution in [0, 0.1) is 5.92 Å². The molecule has 1 aliphatic rings. The predicted octanol–water partition coefficient (Wildman–Crippen LogP) is 1.77. The Labute approximate surface area is 102 Å². The van der Waals surface area contributed by atoms with Crippen molar-refractivity contribution < 1.29 is 4.79 Å². The fraction of sp³-hybridized carbons (Fsp3) is 0.500. The number of hydrogen-bond donors (Lipinski definition) is 2. The third kappa shape index (κ3) is 2.67. The van der Waals surface area contributed by atoms with Crippen LogP contribution in [0.2, 0.25) is 0 Å². The summed E-state index contributed by atoms with van der Waals surface area (Å²) in [6, 6.07) is 8.15. The zero-order chi connectivity index (χ0) is 12.4. The lowest BCUT2D eigenvalue weighted by atomic mass is 10.1. The standard InChI is InChI=1S/C14H20N2O/c1-9(2)7-13(17)16-14-11-6-4-3-5-10(11)8-12(14)15/h3-6,9,12,14H,7-8,15H2,1-2H3,(H,16,17). The first-order chi connectivity index (χ1) is 8.08. The van der Waals surface area contributed by atoms with Crippen molar-refractivity contribution in [2.75, 3.05) is 0 Å². The number of carbonyl (C=O) groups is 1. The van der Waals surface area contributed by atoms with E-state index in [1.807, 2.05) is 26.0 Å². The molecule has 0 saturated carbocycles. The number of benzene rings is 1. The molecule has 0 heterocycles. The van der Waals surface area contributed by atoms with Gasteiger partial charge in [0.25, 0.3) is 0 Å². The summed E-state index contributed by atoms with van der Waals surface area (Å²) in [5, 5.41) is 3.05. The third-order valence-corrected chi connectivity index (χ3v) is 3.18. The lowest BCUT2D eigenvalue weighted by Gasteiger charge is -2.19. The van der Waals surface area contributed by atoms with Gasteiger partial charge in [-0.1, -0.05) is 38.1 Å². The molecule has 0 radical (unpaired) electrons. The number of amides is 1. The van der Waals surface area contributed by atoms with E-state index in [4.69, 9.17) is 5.73 Å². The molecule has 1 aliphatic carbocycles. The van der Waals surface area contributed by atoms with Crippen molar-refractivity contribution in [2.24, 2.45) is 11.7 Å². The topological polar surface area (TPSA) is 55.1 Å². The number of fused-ring (bicyclic) bond motifs is 1. The van der Waals surface area contributed by atoms with E-state index in [-0.39, 0.29) is 18.0 Å². The number of nitrogens with two attached hydrogens (primary N) is 1. The molecule has 0 bridgehead atoms. The summed E-state index contributed by atoms with van der Waals surface area (Å²) in [5.74, 6) is 0.472. The minimum atomic E-state index is -0.0163. The van der Waals surface area contributed by atoms with Crippen molar-refractivity contribution in [2.45, 2.75) is 38.8 Å². The van der Waals surface area contributed by atoms with Gasteiger partial charge in [-0.25, -0.2) is 0 Å². The van der Waals surface area contributed by atoms with E-state index in [2.05, 4.69) is 17.4 Å². The second-order valence-corrected chi connectivity index (χ2v) is 5.21. The van der Waals surface area contributed by atoms with Gasteiger partial charge < -0.3 is 11.1 Å². The first-order valence-electron chi connectivity index (χ1n) is 6.20. The van der Waals surface area contributed by atoms with E-state index in [0.29, 0.717) is 12.3 Å². The van der Waals surface area contributed by atoms with Crippen molar-refractivity contribution in [1.29, 1.82) is 0 Å². The smallest absolute Gasteiger partial charge is 0.220 e. The zero-order valence-corrected chi connectivity index (χ0v) is 10.4. The van der Waals surface area contributed by atoms with Crippen molar-refractivity contribution in [3.63, 3.8) is 0 Å². The summed E-state index contributed by atoms with van der Waals surface area (Å²) in [6.07, 6.45) is 1.41. The maximum atomic E-state index is 11.8. The van der Waals surface area contributed by atoms with Gasteiger partial charge in [-0.2, -0.15) is 0 Å². The fourth-order valence-corrected chi connectivity index (χ4v) is 2.41. The van der Waals surface area contributed by atoms with Gasteiger partial charge in [0.2, 0.25) is 5.91 Å². The van der Waals surface area contributed by atoms with E-state index in [1.165, 1.54) is 11.1 Å². The van der Waals surface area contributed by atoms with Gasteiger partial charge in [-0.3, -0.25) is 4.79 Å². The number of carbonyl (C=O) groups excluding carboxylic acids is 1. The van der Waals surface area contributed by atoms with Crippen LogP contribution in [0.3, 0.4) is 0 Å². The van der Waals surface area contributed by atoms with Crippen LogP contribution in [-0.4, -0.2) is 11.9 Å². The molecule has 0 fully saturated rings. The molecular weight excluding hydrogens is 212 g/mol. The minimum absolute atomic E-state index is 0.00325. The molecule has 92 valence electrons. The molecule has 3 nitrogen and oxygen atoms in total. The quantitative estimate of drug-likeness (QED) is 0.834. The Morgan fingerprint density at radius 2 is 2.18 bits per heavy atom. The van der Waals surface area contributed by atoms with Crippen molar-refractivity contribution in [3.05, 3.63) is 35.4 Å². The Morgan fingerprint density at radius 1 is 1.47 bits per heavy atom. The largest absolute Gasteiger partial charge is 0.348 e. The molecule has 1 aromatic rings. The van der Waals surface area contributed by atoms with Gasteiger partial charge in [0, 0.05) is 12.5 Å². The van der Waals surface area contributed by atoms with Crippen LogP contribution >= 0.6 is 0 Å². The van der Waals surface area contributed by atoms with Gasteiger partial charge in [-0.05, 0) is 23.5 Å². The van der Waals surface area contributed by atoms with Crippen LogP contribution in [-0.2, 0) is 11.2 Å². The maximum Gasteiger partial charge on any atom is 0.220 e. The zero-order valence-electron chi connectivity index (χ0n) is 10.4. The van der Waals surface area contributed by atoms with Crippen molar-refractivity contribution >= 4 is 5.91 Å². The molecule has 3 heteroatoms. The average Bonchev–Trinajstić information content (AvgIpc) is 2.55. The Bertz CT molecular complexity index is 414. The summed E-state index contributed by atoms with van der Waals surface area (Å²) < 4.78 is 0. The average molecular weight is 232 g/mol. The highest BCUT2D eigenvalue weighted by molar-refractivity contribution is 5.77. The molecule has 17 heavy (non-hydrogen) atoms. The molecule has 1 amide bonds. The SMILES string of the molecule is CC(C)CC(=O)NC1c2ccccc2CC1N. The van der Waals surface area contributed by atoms with Crippen LogP contribution in [0.25, 0.3) is 0 Å². The van der Waals surface area contributed by atoms with Gasteiger partial charge in [-0.15, -0.1) is 0 Å². The van der Waals surface area contributed by atoms with Gasteiger partial charge in [0.15, 0.2) is 0 Å². The van der Waals surface area contributed by atoms with Crippen LogP contribution in [0.1, 0.15) is 37.4 Å². The van der Waals surface area contributed by atoms with Gasteiger partial charge in [0.05, 0.1) is 6.04 Å². The molecule has 1 aromatic carbocycles. The summed E-state index contributed by atoms with van der Waals surface area (Å²) in [6.45, 7) is 4.09.